The fraction of sp³-hybridized carbons (Fsp3) is 0.116. The first-order valence-corrected chi connectivity index (χ1v) is 22.2. The van der Waals surface area contributed by atoms with Crippen LogP contribution in [0.25, 0.3) is 66.4 Å². The normalized spacial score (nSPS) is 10.7. The van der Waals surface area contributed by atoms with Crippen molar-refractivity contribution in [3.05, 3.63) is 156 Å². The second kappa shape index (κ2) is 15.1. The van der Waals surface area contributed by atoms with E-state index in [1.54, 1.807) is 0 Å². The second-order valence-corrected chi connectivity index (χ2v) is 15.8. The van der Waals surface area contributed by atoms with Gasteiger partial charge in [0.05, 0.1) is 23.0 Å². The van der Waals surface area contributed by atoms with Crippen molar-refractivity contribution in [2.45, 2.75) is 34.6 Å². The van der Waals surface area contributed by atoms with Crippen LogP contribution in [0.3, 0.4) is 0 Å². The number of aryl methyl sites for hydroxylation is 4. The van der Waals surface area contributed by atoms with Crippen LogP contribution in [-0.4, -0.2) is 0 Å². The number of rotatable bonds is 4. The van der Waals surface area contributed by atoms with Crippen molar-refractivity contribution < 1.29 is 29.7 Å². The molecule has 5 heteroatoms. The van der Waals surface area contributed by atoms with Crippen LogP contribution in [0.4, 0.5) is 0 Å². The molecular weight excluding hydrogens is 711 g/mol. The molecule has 0 spiro atoms. The average molecular weight is 747 g/mol. The number of benzene rings is 4. The van der Waals surface area contributed by atoms with E-state index in [9.17, 15) is 0 Å². The van der Waals surface area contributed by atoms with E-state index in [2.05, 4.69) is 124 Å². The number of hydrogen-bond donors (Lipinski definition) is 0. The summed E-state index contributed by atoms with van der Waals surface area (Å²) < 4.78 is 11.6. The zero-order valence-electron chi connectivity index (χ0n) is 27.7. The van der Waals surface area contributed by atoms with Crippen LogP contribution < -0.4 is 0 Å². The van der Waals surface area contributed by atoms with Gasteiger partial charge in [0.1, 0.15) is 0 Å². The van der Waals surface area contributed by atoms with E-state index < -0.39 is 20.8 Å². The first-order valence-electron chi connectivity index (χ1n) is 15.9. The van der Waals surface area contributed by atoms with Gasteiger partial charge in [-0.25, -0.2) is 0 Å². The SMILES string of the molecule is Cc1ccc(-c2cc3c(-c4ccccc4)c(C)c(C)cc3[cH-]2)o1.Cc1ccc(-c2cc3c(-c4ccccc4)c(C)ccc3[cH-]2)o1.[Cl][Zr+2][Cl]. The molecule has 0 fully saturated rings. The van der Waals surface area contributed by atoms with E-state index in [0.29, 0.717) is 0 Å². The van der Waals surface area contributed by atoms with Gasteiger partial charge in [-0.3, -0.25) is 0 Å². The molecule has 8 rings (SSSR count). The first kappa shape index (κ1) is 34.0. The fourth-order valence-electron chi connectivity index (χ4n) is 6.42. The molecule has 6 aromatic carbocycles. The van der Waals surface area contributed by atoms with Crippen LogP contribution in [0, 0.1) is 34.6 Å². The summed E-state index contributed by atoms with van der Waals surface area (Å²) in [5.41, 5.74) is 11.4. The number of fused-ring (bicyclic) bond motifs is 2. The van der Waals surface area contributed by atoms with Crippen LogP contribution in [0.2, 0.25) is 0 Å². The average Bonchev–Trinajstić information content (AvgIpc) is 3.90. The van der Waals surface area contributed by atoms with Crippen molar-refractivity contribution in [2.75, 3.05) is 0 Å². The summed E-state index contributed by atoms with van der Waals surface area (Å²) in [5.74, 6) is 3.76. The van der Waals surface area contributed by atoms with E-state index in [1.165, 1.54) is 60.5 Å². The molecule has 0 amide bonds. The maximum atomic E-state index is 5.81. The molecule has 0 saturated heterocycles. The Morgan fingerprint density at radius 2 is 0.979 bits per heavy atom. The Kier molecular flexibility index (Phi) is 10.7. The van der Waals surface area contributed by atoms with Crippen LogP contribution in [0.5, 0.6) is 0 Å². The molecule has 0 bridgehead atoms. The zero-order valence-corrected chi connectivity index (χ0v) is 31.7. The third-order valence-electron chi connectivity index (χ3n) is 8.80. The molecule has 0 radical (unpaired) electrons. The summed E-state index contributed by atoms with van der Waals surface area (Å²) >= 11 is -0.826. The summed E-state index contributed by atoms with van der Waals surface area (Å²) in [6.45, 7) is 10.5. The molecule has 2 heterocycles. The zero-order chi connectivity index (χ0) is 33.8. The third-order valence-corrected chi connectivity index (χ3v) is 8.80. The molecular formula is C43H36Cl2O2Zr. The summed E-state index contributed by atoms with van der Waals surface area (Å²) in [6.07, 6.45) is 0. The Labute approximate surface area is 301 Å². The van der Waals surface area contributed by atoms with Gasteiger partial charge in [-0.15, -0.1) is 57.9 Å². The monoisotopic (exact) mass is 744 g/mol. The van der Waals surface area contributed by atoms with Gasteiger partial charge in [-0.2, -0.15) is 0 Å². The summed E-state index contributed by atoms with van der Waals surface area (Å²) in [4.78, 5) is 0. The van der Waals surface area contributed by atoms with Gasteiger partial charge in [-0.05, 0) is 81.1 Å². The van der Waals surface area contributed by atoms with Crippen molar-refractivity contribution in [3.8, 4) is 44.9 Å². The Morgan fingerprint density at radius 3 is 1.48 bits per heavy atom. The van der Waals surface area contributed by atoms with Gasteiger partial charge >= 0.3 is 37.9 Å². The molecule has 0 unspecified atom stereocenters. The van der Waals surface area contributed by atoms with Gasteiger partial charge in [-0.1, -0.05) is 94.5 Å². The molecule has 0 atom stereocenters. The predicted molar refractivity (Wildman–Crippen MR) is 201 cm³/mol. The van der Waals surface area contributed by atoms with E-state index >= 15 is 0 Å². The topological polar surface area (TPSA) is 26.3 Å². The molecule has 2 nitrogen and oxygen atoms in total. The molecule has 238 valence electrons. The van der Waals surface area contributed by atoms with Crippen molar-refractivity contribution in [1.29, 1.82) is 0 Å². The van der Waals surface area contributed by atoms with Crippen molar-refractivity contribution in [1.82, 2.24) is 0 Å². The van der Waals surface area contributed by atoms with E-state index in [-0.39, 0.29) is 0 Å². The summed E-state index contributed by atoms with van der Waals surface area (Å²) in [6, 6.07) is 44.9. The van der Waals surface area contributed by atoms with Gasteiger partial charge < -0.3 is 8.83 Å². The Morgan fingerprint density at radius 1 is 0.500 bits per heavy atom. The first-order chi connectivity index (χ1) is 23.3. The Bertz CT molecular complexity index is 2280. The molecule has 0 aliphatic carbocycles. The quantitative estimate of drug-likeness (QED) is 0.168. The minimum absolute atomic E-state index is 0.826. The van der Waals surface area contributed by atoms with Gasteiger partial charge in [0, 0.05) is 0 Å². The van der Waals surface area contributed by atoms with Crippen LogP contribution in [0.15, 0.2) is 136 Å². The Hall–Kier alpha value is -3.88. The summed E-state index contributed by atoms with van der Waals surface area (Å²) in [7, 11) is 9.87. The number of furan rings is 2. The van der Waals surface area contributed by atoms with Crippen molar-refractivity contribution >= 4 is 38.6 Å². The maximum absolute atomic E-state index is 5.81. The third kappa shape index (κ3) is 7.25. The van der Waals surface area contributed by atoms with Crippen LogP contribution >= 0.6 is 17.0 Å². The molecule has 8 aromatic rings. The standard InChI is InChI=1S/C22H19O.C21H17O.2ClH.Zr/c1-14-11-18-12-19(21-10-9-15(2)23-21)13-20(18)22(16(14)3)17-7-5-4-6-8-17;1-14-8-10-17-12-18(20-11-9-15(2)22-20)13-19(17)21(14)16-6-4-3-5-7-16;;;/h4-13H,1-3H3;3-13H,1-2H3;2*1H;/q2*-1;;;+4/p-2. The van der Waals surface area contributed by atoms with Crippen LogP contribution in [-0.2, 0) is 20.8 Å². The van der Waals surface area contributed by atoms with Gasteiger partial charge in [0.15, 0.2) is 0 Å². The molecule has 0 N–H and O–H groups in total. The minimum atomic E-state index is -0.826. The van der Waals surface area contributed by atoms with E-state index in [4.69, 9.17) is 25.9 Å². The number of hydrogen-bond acceptors (Lipinski definition) is 2. The molecule has 0 aliphatic rings. The number of halogens is 2. The molecule has 2 aromatic heterocycles. The van der Waals surface area contributed by atoms with Crippen molar-refractivity contribution in [3.63, 3.8) is 0 Å². The Balaban J connectivity index is 0.000000155. The molecule has 0 saturated carbocycles. The second-order valence-electron chi connectivity index (χ2n) is 12.1. The molecule has 48 heavy (non-hydrogen) atoms. The van der Waals surface area contributed by atoms with E-state index in [0.717, 1.165) is 34.2 Å². The van der Waals surface area contributed by atoms with Crippen LogP contribution in [0.1, 0.15) is 28.2 Å². The predicted octanol–water partition coefficient (Wildman–Crippen LogP) is 13.9. The van der Waals surface area contributed by atoms with Gasteiger partial charge in [0.25, 0.3) is 0 Å². The fourth-order valence-corrected chi connectivity index (χ4v) is 6.42. The summed E-state index contributed by atoms with van der Waals surface area (Å²) in [5, 5.41) is 5.11. The van der Waals surface area contributed by atoms with E-state index in [1.807, 2.05) is 38.1 Å². The van der Waals surface area contributed by atoms with Crippen molar-refractivity contribution in [2.24, 2.45) is 0 Å². The van der Waals surface area contributed by atoms with Gasteiger partial charge in [0.2, 0.25) is 0 Å². The molecule has 0 aliphatic heterocycles.